The highest BCUT2D eigenvalue weighted by Crippen LogP contribution is 2.33. The van der Waals surface area contributed by atoms with Gasteiger partial charge in [-0.1, -0.05) is 18.9 Å². The highest BCUT2D eigenvalue weighted by molar-refractivity contribution is 14.1. The summed E-state index contributed by atoms with van der Waals surface area (Å²) in [6.45, 7) is 0.896. The third-order valence-electron chi connectivity index (χ3n) is 4.84. The van der Waals surface area contributed by atoms with Crippen LogP contribution in [-0.4, -0.2) is 23.7 Å². The maximum Gasteiger partial charge on any atom is 0.308 e. The molecule has 1 aromatic carbocycles. The summed E-state index contributed by atoms with van der Waals surface area (Å²) in [5.41, 5.74) is 2.27. The number of nitrogens with one attached hydrogen (secondary N) is 2. The predicted molar refractivity (Wildman–Crippen MR) is 96.1 cm³/mol. The third kappa shape index (κ3) is 3.56. The summed E-state index contributed by atoms with van der Waals surface area (Å²) in [5.74, 6) is -1.02. The standard InChI is InChI=1S/C17H23IN2O2/c18-14-10-11(16-13(17(21)22)6-3-9-19-16)7-8-15(14)20-12-4-1-2-5-12/h7-8,10,12-13,16,19-20H,1-6,9H2,(H,21,22)/t13-,16-/m0/s1. The molecule has 1 aliphatic carbocycles. The minimum absolute atomic E-state index is 0.0692. The number of benzene rings is 1. The monoisotopic (exact) mass is 414 g/mol. The highest BCUT2D eigenvalue weighted by atomic mass is 127. The van der Waals surface area contributed by atoms with Gasteiger partial charge in [0.1, 0.15) is 0 Å². The fourth-order valence-corrected chi connectivity index (χ4v) is 4.33. The first-order valence-corrected chi connectivity index (χ1v) is 9.25. The Bertz CT molecular complexity index is 543. The maximum atomic E-state index is 11.5. The van der Waals surface area contributed by atoms with Crippen molar-refractivity contribution in [2.75, 3.05) is 11.9 Å². The lowest BCUT2D eigenvalue weighted by Gasteiger charge is -2.30. The van der Waals surface area contributed by atoms with E-state index in [1.54, 1.807) is 0 Å². The summed E-state index contributed by atoms with van der Waals surface area (Å²) < 4.78 is 1.18. The molecular weight excluding hydrogens is 391 g/mol. The van der Waals surface area contributed by atoms with Crippen molar-refractivity contribution in [3.8, 4) is 0 Å². The molecule has 3 N–H and O–H groups in total. The number of anilines is 1. The number of aliphatic carboxylic acids is 1. The van der Waals surface area contributed by atoms with E-state index in [1.807, 2.05) is 0 Å². The Morgan fingerprint density at radius 2 is 2.00 bits per heavy atom. The number of rotatable bonds is 4. The fraction of sp³-hybridized carbons (Fsp3) is 0.588. The van der Waals surface area contributed by atoms with Crippen LogP contribution in [0.2, 0.25) is 0 Å². The smallest absolute Gasteiger partial charge is 0.308 e. The van der Waals surface area contributed by atoms with Gasteiger partial charge in [0.2, 0.25) is 0 Å². The molecule has 1 saturated heterocycles. The van der Waals surface area contributed by atoms with Gasteiger partial charge in [-0.25, -0.2) is 0 Å². The Labute approximate surface area is 145 Å². The van der Waals surface area contributed by atoms with Gasteiger partial charge in [-0.2, -0.15) is 0 Å². The number of hydrogen-bond donors (Lipinski definition) is 3. The number of carbonyl (C=O) groups is 1. The topological polar surface area (TPSA) is 61.4 Å². The summed E-state index contributed by atoms with van der Waals surface area (Å²) in [5, 5.41) is 16.4. The van der Waals surface area contributed by atoms with Crippen LogP contribution < -0.4 is 10.6 Å². The van der Waals surface area contributed by atoms with Gasteiger partial charge >= 0.3 is 5.97 Å². The van der Waals surface area contributed by atoms with E-state index in [0.717, 1.165) is 24.9 Å². The molecule has 1 heterocycles. The van der Waals surface area contributed by atoms with Crippen molar-refractivity contribution >= 4 is 34.2 Å². The molecule has 5 heteroatoms. The second-order valence-corrected chi connectivity index (χ2v) is 7.55. The Hall–Kier alpha value is -0.820. The molecule has 0 spiro atoms. The lowest BCUT2D eigenvalue weighted by Crippen LogP contribution is -2.38. The van der Waals surface area contributed by atoms with Crippen molar-refractivity contribution in [3.63, 3.8) is 0 Å². The number of carboxylic acids is 1. The zero-order chi connectivity index (χ0) is 15.5. The number of piperidine rings is 1. The summed E-state index contributed by atoms with van der Waals surface area (Å²) in [7, 11) is 0. The molecule has 4 nitrogen and oxygen atoms in total. The van der Waals surface area contributed by atoms with Gasteiger partial charge in [0.25, 0.3) is 0 Å². The van der Waals surface area contributed by atoms with Crippen molar-refractivity contribution in [2.24, 2.45) is 5.92 Å². The van der Waals surface area contributed by atoms with Crippen molar-refractivity contribution in [1.29, 1.82) is 0 Å². The third-order valence-corrected chi connectivity index (χ3v) is 5.74. The molecule has 22 heavy (non-hydrogen) atoms. The van der Waals surface area contributed by atoms with Crippen LogP contribution in [0.25, 0.3) is 0 Å². The fourth-order valence-electron chi connectivity index (χ4n) is 3.64. The van der Waals surface area contributed by atoms with Crippen LogP contribution in [0.5, 0.6) is 0 Å². The van der Waals surface area contributed by atoms with E-state index in [1.165, 1.54) is 34.9 Å². The Morgan fingerprint density at radius 1 is 1.23 bits per heavy atom. The molecule has 0 unspecified atom stereocenters. The molecule has 2 atom stereocenters. The molecule has 1 saturated carbocycles. The van der Waals surface area contributed by atoms with E-state index in [4.69, 9.17) is 0 Å². The molecule has 2 fully saturated rings. The maximum absolute atomic E-state index is 11.5. The van der Waals surface area contributed by atoms with Crippen LogP contribution in [0.3, 0.4) is 0 Å². The second kappa shape index (κ2) is 7.17. The average Bonchev–Trinajstić information content (AvgIpc) is 3.02. The number of halogens is 1. The van der Waals surface area contributed by atoms with Crippen LogP contribution in [0.15, 0.2) is 18.2 Å². The van der Waals surface area contributed by atoms with Crippen molar-refractivity contribution in [3.05, 3.63) is 27.3 Å². The quantitative estimate of drug-likeness (QED) is 0.657. The largest absolute Gasteiger partial charge is 0.481 e. The molecule has 3 rings (SSSR count). The Balaban J connectivity index is 1.76. The van der Waals surface area contributed by atoms with Gasteiger partial charge < -0.3 is 15.7 Å². The lowest BCUT2D eigenvalue weighted by atomic mass is 9.86. The molecule has 1 aromatic rings. The molecule has 0 radical (unpaired) electrons. The SMILES string of the molecule is O=C(O)[C@H]1CCCN[C@H]1c1ccc(NC2CCCC2)c(I)c1. The van der Waals surface area contributed by atoms with Crippen LogP contribution in [-0.2, 0) is 4.79 Å². The number of carboxylic acid groups (broad SMARTS) is 1. The first-order chi connectivity index (χ1) is 10.6. The van der Waals surface area contributed by atoms with Gasteiger partial charge in [-0.3, -0.25) is 4.79 Å². The second-order valence-electron chi connectivity index (χ2n) is 6.38. The Kier molecular flexibility index (Phi) is 5.23. The molecule has 0 bridgehead atoms. The van der Waals surface area contributed by atoms with Gasteiger partial charge in [0.15, 0.2) is 0 Å². The summed E-state index contributed by atoms with van der Waals surface area (Å²) in [6.07, 6.45) is 6.83. The van der Waals surface area contributed by atoms with E-state index in [2.05, 4.69) is 51.4 Å². The minimum atomic E-state index is -0.694. The normalized spacial score (nSPS) is 26.0. The van der Waals surface area contributed by atoms with E-state index in [0.29, 0.717) is 6.04 Å². The van der Waals surface area contributed by atoms with Crippen LogP contribution in [0.1, 0.15) is 50.1 Å². The minimum Gasteiger partial charge on any atom is -0.481 e. The zero-order valence-electron chi connectivity index (χ0n) is 12.6. The van der Waals surface area contributed by atoms with Crippen LogP contribution in [0.4, 0.5) is 5.69 Å². The highest BCUT2D eigenvalue weighted by Gasteiger charge is 2.31. The molecule has 1 aliphatic heterocycles. The number of hydrogen-bond acceptors (Lipinski definition) is 3. The summed E-state index contributed by atoms with van der Waals surface area (Å²) in [6, 6.07) is 6.86. The van der Waals surface area contributed by atoms with Gasteiger partial charge in [-0.15, -0.1) is 0 Å². The molecular formula is C17H23IN2O2. The summed E-state index contributed by atoms with van der Waals surface area (Å²) in [4.78, 5) is 11.5. The molecule has 0 amide bonds. The van der Waals surface area contributed by atoms with Gasteiger partial charge in [0, 0.05) is 21.3 Å². The molecule has 0 aromatic heterocycles. The molecule has 120 valence electrons. The van der Waals surface area contributed by atoms with Crippen molar-refractivity contribution < 1.29 is 9.90 Å². The zero-order valence-corrected chi connectivity index (χ0v) is 14.8. The lowest BCUT2D eigenvalue weighted by molar-refractivity contribution is -0.143. The first kappa shape index (κ1) is 16.1. The molecule has 2 aliphatic rings. The summed E-state index contributed by atoms with van der Waals surface area (Å²) >= 11 is 2.36. The van der Waals surface area contributed by atoms with Crippen molar-refractivity contribution in [2.45, 2.75) is 50.6 Å². The van der Waals surface area contributed by atoms with Gasteiger partial charge in [-0.05, 0) is 72.5 Å². The van der Waals surface area contributed by atoms with E-state index in [9.17, 15) is 9.90 Å². The van der Waals surface area contributed by atoms with Crippen molar-refractivity contribution in [1.82, 2.24) is 5.32 Å². The van der Waals surface area contributed by atoms with Crippen LogP contribution >= 0.6 is 22.6 Å². The van der Waals surface area contributed by atoms with E-state index < -0.39 is 5.97 Å². The average molecular weight is 414 g/mol. The van der Waals surface area contributed by atoms with E-state index in [-0.39, 0.29) is 12.0 Å². The van der Waals surface area contributed by atoms with Gasteiger partial charge in [0.05, 0.1) is 5.92 Å². The first-order valence-electron chi connectivity index (χ1n) is 8.17. The van der Waals surface area contributed by atoms with Crippen LogP contribution in [0, 0.1) is 9.49 Å². The van der Waals surface area contributed by atoms with E-state index >= 15 is 0 Å². The predicted octanol–water partition coefficient (Wildman–Crippen LogP) is 3.77. The Morgan fingerprint density at radius 3 is 2.68 bits per heavy atom.